The summed E-state index contributed by atoms with van der Waals surface area (Å²) in [6.07, 6.45) is 1.55. The van der Waals surface area contributed by atoms with Gasteiger partial charge in [0.1, 0.15) is 5.82 Å². The van der Waals surface area contributed by atoms with Crippen LogP contribution in [0.4, 0.5) is 4.39 Å². The van der Waals surface area contributed by atoms with E-state index in [2.05, 4.69) is 32.5 Å². The van der Waals surface area contributed by atoms with Crippen LogP contribution in [0.25, 0.3) is 0 Å². The second kappa shape index (κ2) is 6.09. The lowest BCUT2D eigenvalue weighted by Crippen LogP contribution is -2.47. The first-order chi connectivity index (χ1) is 9.29. The van der Waals surface area contributed by atoms with Crippen molar-refractivity contribution < 1.29 is 12.8 Å². The Bertz CT molecular complexity index is 594. The molecule has 2 unspecified atom stereocenters. The molecule has 1 aliphatic heterocycles. The van der Waals surface area contributed by atoms with E-state index in [9.17, 15) is 12.8 Å². The topological polar surface area (TPSA) is 49.4 Å². The predicted molar refractivity (Wildman–Crippen MR) is 79.5 cm³/mol. The van der Waals surface area contributed by atoms with Crippen LogP contribution >= 0.6 is 15.9 Å². The molecule has 1 aliphatic rings. The Labute approximate surface area is 127 Å². The molecule has 1 saturated heterocycles. The molecule has 0 bridgehead atoms. The first-order valence-electron chi connectivity index (χ1n) is 6.47. The monoisotopic (exact) mass is 364 g/mol. The molecule has 1 aromatic carbocycles. The summed E-state index contributed by atoms with van der Waals surface area (Å²) in [6.45, 7) is 2.94. The summed E-state index contributed by atoms with van der Waals surface area (Å²) in [4.78, 5) is 2.28. The molecule has 0 spiro atoms. The molecule has 2 atom stereocenters. The van der Waals surface area contributed by atoms with Gasteiger partial charge in [0.05, 0.1) is 4.90 Å². The van der Waals surface area contributed by atoms with E-state index in [1.165, 1.54) is 6.07 Å². The largest absolute Gasteiger partial charge is 0.304 e. The summed E-state index contributed by atoms with van der Waals surface area (Å²) in [7, 11) is -1.60. The molecule has 0 aliphatic carbocycles. The van der Waals surface area contributed by atoms with Gasteiger partial charge in [-0.3, -0.25) is 0 Å². The second-order valence-corrected chi connectivity index (χ2v) is 7.78. The molecule has 0 radical (unpaired) electrons. The van der Waals surface area contributed by atoms with E-state index < -0.39 is 15.8 Å². The smallest absolute Gasteiger partial charge is 0.241 e. The van der Waals surface area contributed by atoms with Gasteiger partial charge in [-0.05, 0) is 67.5 Å². The van der Waals surface area contributed by atoms with Crippen LogP contribution in [0.15, 0.2) is 27.6 Å². The van der Waals surface area contributed by atoms with Gasteiger partial charge in [0, 0.05) is 16.6 Å². The van der Waals surface area contributed by atoms with E-state index >= 15 is 0 Å². The summed E-state index contributed by atoms with van der Waals surface area (Å²) >= 11 is 3.10. The zero-order valence-electron chi connectivity index (χ0n) is 11.4. The van der Waals surface area contributed by atoms with E-state index in [1.54, 1.807) is 0 Å². The fourth-order valence-electron chi connectivity index (χ4n) is 2.37. The lowest BCUT2D eigenvalue weighted by Gasteiger charge is -2.35. The van der Waals surface area contributed by atoms with Crippen LogP contribution in [0.5, 0.6) is 0 Å². The lowest BCUT2D eigenvalue weighted by atomic mass is 10.0. The Morgan fingerprint density at radius 2 is 2.15 bits per heavy atom. The van der Waals surface area contributed by atoms with Gasteiger partial charge in [0.25, 0.3) is 0 Å². The van der Waals surface area contributed by atoms with Crippen molar-refractivity contribution in [3.05, 3.63) is 28.5 Å². The second-order valence-electron chi connectivity index (χ2n) is 5.25. The molecule has 1 aromatic rings. The van der Waals surface area contributed by atoms with Crippen LogP contribution in [-0.4, -0.2) is 39.0 Å². The van der Waals surface area contributed by atoms with Crippen LogP contribution in [0, 0.1) is 5.82 Å². The number of nitrogens with one attached hydrogen (secondary N) is 1. The number of halogens is 2. The first-order valence-corrected chi connectivity index (χ1v) is 8.75. The minimum Gasteiger partial charge on any atom is -0.304 e. The molecule has 1 fully saturated rings. The number of hydrogen-bond donors (Lipinski definition) is 1. The quantitative estimate of drug-likeness (QED) is 0.895. The van der Waals surface area contributed by atoms with Crippen molar-refractivity contribution in [3.8, 4) is 0 Å². The number of benzene rings is 1. The van der Waals surface area contributed by atoms with Gasteiger partial charge < -0.3 is 4.90 Å². The highest BCUT2D eigenvalue weighted by molar-refractivity contribution is 9.10. The Kier molecular flexibility index (Phi) is 4.84. The maximum Gasteiger partial charge on any atom is 0.241 e. The highest BCUT2D eigenvalue weighted by Gasteiger charge is 2.28. The molecule has 0 aromatic heterocycles. The van der Waals surface area contributed by atoms with Gasteiger partial charge >= 0.3 is 0 Å². The minimum atomic E-state index is -3.63. The summed E-state index contributed by atoms with van der Waals surface area (Å²) in [5.74, 6) is -0.469. The molecule has 2 rings (SSSR count). The molecule has 1 N–H and O–H groups in total. The predicted octanol–water partition coefficient (Wildman–Crippen LogP) is 2.35. The number of hydrogen-bond acceptors (Lipinski definition) is 3. The molecule has 0 saturated carbocycles. The van der Waals surface area contributed by atoms with Gasteiger partial charge in [0.15, 0.2) is 0 Å². The third-order valence-electron chi connectivity index (χ3n) is 3.71. The van der Waals surface area contributed by atoms with Gasteiger partial charge in [-0.1, -0.05) is 0 Å². The zero-order valence-corrected chi connectivity index (χ0v) is 13.8. The molecule has 4 nitrogen and oxygen atoms in total. The Balaban J connectivity index is 2.15. The van der Waals surface area contributed by atoms with Gasteiger partial charge in [-0.2, -0.15) is 0 Å². The van der Waals surface area contributed by atoms with E-state index in [1.807, 2.05) is 7.05 Å². The maximum absolute atomic E-state index is 13.0. The van der Waals surface area contributed by atoms with Crippen LogP contribution in [0.2, 0.25) is 0 Å². The average Bonchev–Trinajstić information content (AvgIpc) is 2.33. The number of rotatable bonds is 3. The Morgan fingerprint density at radius 1 is 1.45 bits per heavy atom. The molecular formula is C13H18BrFN2O2S. The number of nitrogens with zero attached hydrogens (tertiary/aromatic N) is 1. The summed E-state index contributed by atoms with van der Waals surface area (Å²) in [6, 6.07) is 3.85. The minimum absolute atomic E-state index is 0.0745. The number of sulfonamides is 1. The van der Waals surface area contributed by atoms with E-state index in [-0.39, 0.29) is 15.4 Å². The van der Waals surface area contributed by atoms with Crippen molar-refractivity contribution in [2.24, 2.45) is 0 Å². The SMILES string of the molecule is CC1CC(NS(=O)(=O)c2ccc(F)cc2Br)CCN1C. The standard InChI is InChI=1S/C13H18BrFN2O2S/c1-9-7-11(5-6-17(9)2)16-20(18,19)13-4-3-10(15)8-12(13)14/h3-4,8-9,11,16H,5-7H2,1-2H3. The molecule has 1 heterocycles. The van der Waals surface area contributed by atoms with E-state index in [0.29, 0.717) is 6.04 Å². The average molecular weight is 365 g/mol. The Hall–Kier alpha value is -0.500. The van der Waals surface area contributed by atoms with Crippen LogP contribution in [-0.2, 0) is 10.0 Å². The maximum atomic E-state index is 13.0. The van der Waals surface area contributed by atoms with Crippen LogP contribution in [0.3, 0.4) is 0 Å². The summed E-state index contributed by atoms with van der Waals surface area (Å²) < 4.78 is 40.7. The third kappa shape index (κ3) is 3.58. The third-order valence-corrected chi connectivity index (χ3v) is 6.21. The number of piperidine rings is 1. The molecular weight excluding hydrogens is 347 g/mol. The highest BCUT2D eigenvalue weighted by atomic mass is 79.9. The molecule has 7 heteroatoms. The van der Waals surface area contributed by atoms with Crippen molar-refractivity contribution in [1.29, 1.82) is 0 Å². The van der Waals surface area contributed by atoms with E-state index in [0.717, 1.165) is 31.5 Å². The molecule has 0 amide bonds. The zero-order chi connectivity index (χ0) is 14.9. The van der Waals surface area contributed by atoms with Crippen molar-refractivity contribution in [3.63, 3.8) is 0 Å². The summed E-state index contributed by atoms with van der Waals surface area (Å²) in [5, 5.41) is 0. The normalized spacial score (nSPS) is 24.8. The van der Waals surface area contributed by atoms with Crippen LogP contribution < -0.4 is 4.72 Å². The molecule has 112 valence electrons. The van der Waals surface area contributed by atoms with Crippen molar-refractivity contribution in [2.45, 2.75) is 36.7 Å². The van der Waals surface area contributed by atoms with Crippen molar-refractivity contribution >= 4 is 26.0 Å². The van der Waals surface area contributed by atoms with E-state index in [4.69, 9.17) is 0 Å². The first kappa shape index (κ1) is 15.9. The fourth-order valence-corrected chi connectivity index (χ4v) is 4.71. The van der Waals surface area contributed by atoms with Gasteiger partial charge in [-0.25, -0.2) is 17.5 Å². The van der Waals surface area contributed by atoms with Gasteiger partial charge in [0.2, 0.25) is 10.0 Å². The van der Waals surface area contributed by atoms with Crippen molar-refractivity contribution in [2.75, 3.05) is 13.6 Å². The summed E-state index contributed by atoms with van der Waals surface area (Å²) in [5.41, 5.74) is 0. The number of likely N-dealkylation sites (tertiary alicyclic amines) is 1. The Morgan fingerprint density at radius 3 is 2.75 bits per heavy atom. The lowest BCUT2D eigenvalue weighted by molar-refractivity contribution is 0.178. The van der Waals surface area contributed by atoms with Gasteiger partial charge in [-0.15, -0.1) is 0 Å². The molecule has 20 heavy (non-hydrogen) atoms. The highest BCUT2D eigenvalue weighted by Crippen LogP contribution is 2.24. The fraction of sp³-hybridized carbons (Fsp3) is 0.538. The van der Waals surface area contributed by atoms with Crippen molar-refractivity contribution in [1.82, 2.24) is 9.62 Å². The van der Waals surface area contributed by atoms with Crippen LogP contribution in [0.1, 0.15) is 19.8 Å².